The van der Waals surface area contributed by atoms with E-state index >= 15 is 0 Å². The molecule has 22 heavy (non-hydrogen) atoms. The summed E-state index contributed by atoms with van der Waals surface area (Å²) in [6.07, 6.45) is 2.64. The number of para-hydroxylation sites is 1. The van der Waals surface area contributed by atoms with Crippen LogP contribution in [0.25, 0.3) is 0 Å². The highest BCUT2D eigenvalue weighted by atomic mass is 35.5. The third kappa shape index (κ3) is 3.03. The summed E-state index contributed by atoms with van der Waals surface area (Å²) in [5, 5.41) is -0.0132. The zero-order valence-electron chi connectivity index (χ0n) is 10.9. The molecule has 0 saturated carbocycles. The Kier molecular flexibility index (Phi) is 4.65. The van der Waals surface area contributed by atoms with Crippen molar-refractivity contribution in [2.75, 3.05) is 0 Å². The van der Waals surface area contributed by atoms with Crippen LogP contribution in [0.4, 0.5) is 11.4 Å². The van der Waals surface area contributed by atoms with Gasteiger partial charge in [0.1, 0.15) is 0 Å². The number of isocyanates is 2. The second-order valence-electron chi connectivity index (χ2n) is 3.99. The standard InChI is InChI=1S/C14H7ClN2O4S/c15-11-7-10(5-6-12(11)16-8-18)22(20,21)14-4-2-1-3-13(14)17-9-19/h1-7H. The van der Waals surface area contributed by atoms with Crippen LogP contribution in [0.5, 0.6) is 0 Å². The molecule has 0 bridgehead atoms. The lowest BCUT2D eigenvalue weighted by Gasteiger charge is -2.07. The summed E-state index contributed by atoms with van der Waals surface area (Å²) in [5.74, 6) is 0. The number of nitrogens with zero attached hydrogens (tertiary/aromatic N) is 2. The number of sulfone groups is 1. The first kappa shape index (κ1) is 15.8. The van der Waals surface area contributed by atoms with E-state index in [1.165, 1.54) is 42.5 Å². The molecule has 2 aromatic rings. The van der Waals surface area contributed by atoms with Crippen LogP contribution in [0.2, 0.25) is 5.02 Å². The molecule has 0 aliphatic heterocycles. The normalized spacial score (nSPS) is 10.4. The summed E-state index contributed by atoms with van der Waals surface area (Å²) in [7, 11) is -3.94. The van der Waals surface area contributed by atoms with Gasteiger partial charge in [0.2, 0.25) is 22.0 Å². The second-order valence-corrected chi connectivity index (χ2v) is 6.32. The molecule has 2 rings (SSSR count). The topological polar surface area (TPSA) is 93.0 Å². The SMILES string of the molecule is O=C=Nc1ccc(S(=O)(=O)c2ccccc2N=C=O)cc1Cl. The third-order valence-corrected chi connectivity index (χ3v) is 4.82. The van der Waals surface area contributed by atoms with Gasteiger partial charge in [-0.25, -0.2) is 18.0 Å². The van der Waals surface area contributed by atoms with Crippen LogP contribution in [0.3, 0.4) is 0 Å². The van der Waals surface area contributed by atoms with Crippen molar-refractivity contribution in [2.45, 2.75) is 9.79 Å². The summed E-state index contributed by atoms with van der Waals surface area (Å²) < 4.78 is 25.2. The first-order chi connectivity index (χ1) is 10.5. The third-order valence-electron chi connectivity index (χ3n) is 2.72. The van der Waals surface area contributed by atoms with E-state index in [1.54, 1.807) is 6.07 Å². The quantitative estimate of drug-likeness (QED) is 0.634. The Morgan fingerprint density at radius 1 is 0.909 bits per heavy atom. The molecule has 0 N–H and O–H groups in total. The largest absolute Gasteiger partial charge is 0.240 e. The van der Waals surface area contributed by atoms with Crippen molar-refractivity contribution in [1.82, 2.24) is 0 Å². The molecule has 0 heterocycles. The van der Waals surface area contributed by atoms with Crippen LogP contribution < -0.4 is 0 Å². The van der Waals surface area contributed by atoms with Crippen LogP contribution in [0.15, 0.2) is 62.2 Å². The molecule has 0 amide bonds. The lowest BCUT2D eigenvalue weighted by molar-refractivity contribution is 0.564. The highest BCUT2D eigenvalue weighted by Crippen LogP contribution is 2.33. The van der Waals surface area contributed by atoms with E-state index in [1.807, 2.05) is 0 Å². The Bertz CT molecular complexity index is 928. The highest BCUT2D eigenvalue weighted by molar-refractivity contribution is 7.91. The Labute approximate surface area is 130 Å². The number of halogens is 1. The van der Waals surface area contributed by atoms with Gasteiger partial charge in [-0.2, -0.15) is 9.98 Å². The van der Waals surface area contributed by atoms with Gasteiger partial charge in [0.05, 0.1) is 26.2 Å². The van der Waals surface area contributed by atoms with Crippen LogP contribution in [-0.2, 0) is 19.4 Å². The van der Waals surface area contributed by atoms with Crippen molar-refractivity contribution in [1.29, 1.82) is 0 Å². The summed E-state index contributed by atoms with van der Waals surface area (Å²) >= 11 is 5.88. The highest BCUT2D eigenvalue weighted by Gasteiger charge is 2.22. The van der Waals surface area contributed by atoms with Crippen molar-refractivity contribution in [3.63, 3.8) is 0 Å². The summed E-state index contributed by atoms with van der Waals surface area (Å²) in [5.41, 5.74) is 0.0819. The van der Waals surface area contributed by atoms with E-state index in [0.717, 1.165) is 6.07 Å². The van der Waals surface area contributed by atoms with Crippen LogP contribution in [0.1, 0.15) is 0 Å². The van der Waals surface area contributed by atoms with Crippen molar-refractivity contribution in [2.24, 2.45) is 9.98 Å². The molecule has 0 fully saturated rings. The van der Waals surface area contributed by atoms with Gasteiger partial charge < -0.3 is 0 Å². The molecule has 0 aliphatic rings. The van der Waals surface area contributed by atoms with E-state index in [2.05, 4.69) is 9.98 Å². The maximum Gasteiger partial charge on any atom is 0.240 e. The monoisotopic (exact) mass is 334 g/mol. The number of rotatable bonds is 4. The van der Waals surface area contributed by atoms with E-state index in [9.17, 15) is 18.0 Å². The van der Waals surface area contributed by atoms with E-state index < -0.39 is 9.84 Å². The minimum Gasteiger partial charge on any atom is -0.218 e. The Hall–Kier alpha value is -2.56. The van der Waals surface area contributed by atoms with Gasteiger partial charge >= 0.3 is 0 Å². The molecular weight excluding hydrogens is 328 g/mol. The smallest absolute Gasteiger partial charge is 0.218 e. The van der Waals surface area contributed by atoms with Crippen molar-refractivity contribution < 1.29 is 18.0 Å². The summed E-state index contributed by atoms with van der Waals surface area (Å²) in [6.45, 7) is 0. The molecule has 0 atom stereocenters. The van der Waals surface area contributed by atoms with Gasteiger partial charge in [0, 0.05) is 0 Å². The lowest BCUT2D eigenvalue weighted by atomic mass is 10.3. The molecule has 2 aromatic carbocycles. The zero-order valence-corrected chi connectivity index (χ0v) is 12.4. The molecule has 110 valence electrons. The second kappa shape index (κ2) is 6.47. The van der Waals surface area contributed by atoms with Gasteiger partial charge in [-0.05, 0) is 30.3 Å². The van der Waals surface area contributed by atoms with Crippen LogP contribution >= 0.6 is 11.6 Å². The molecule has 0 radical (unpaired) electrons. The predicted molar refractivity (Wildman–Crippen MR) is 78.9 cm³/mol. The molecule has 0 unspecified atom stereocenters. The van der Waals surface area contributed by atoms with Crippen molar-refractivity contribution in [3.05, 3.63) is 47.5 Å². The fourth-order valence-electron chi connectivity index (χ4n) is 1.75. The number of hydrogen-bond acceptors (Lipinski definition) is 6. The van der Waals surface area contributed by atoms with E-state index in [0.29, 0.717) is 0 Å². The molecular formula is C14H7ClN2O4S. The molecule has 0 aliphatic carbocycles. The first-order valence-corrected chi connectivity index (χ1v) is 7.66. The maximum atomic E-state index is 12.6. The first-order valence-electron chi connectivity index (χ1n) is 5.80. The van der Waals surface area contributed by atoms with E-state index in [4.69, 9.17) is 11.6 Å². The van der Waals surface area contributed by atoms with Gasteiger partial charge in [0.25, 0.3) is 0 Å². The Morgan fingerprint density at radius 2 is 1.55 bits per heavy atom. The number of benzene rings is 2. The molecule has 6 nitrogen and oxygen atoms in total. The van der Waals surface area contributed by atoms with Gasteiger partial charge in [0.15, 0.2) is 0 Å². The minimum absolute atomic E-state index is 0.0132. The van der Waals surface area contributed by atoms with Crippen LogP contribution in [0, 0.1) is 0 Å². The predicted octanol–water partition coefficient (Wildman–Crippen LogP) is 3.11. The lowest BCUT2D eigenvalue weighted by Crippen LogP contribution is -2.02. The number of aliphatic imine (C=N–C) groups is 2. The fraction of sp³-hybridized carbons (Fsp3) is 0. The average Bonchev–Trinajstić information content (AvgIpc) is 2.50. The Balaban J connectivity index is 2.63. The summed E-state index contributed by atoms with van der Waals surface area (Å²) in [6, 6.07) is 9.44. The van der Waals surface area contributed by atoms with Crippen molar-refractivity contribution >= 4 is 45.0 Å². The van der Waals surface area contributed by atoms with Crippen molar-refractivity contribution in [3.8, 4) is 0 Å². The van der Waals surface area contributed by atoms with Gasteiger partial charge in [-0.3, -0.25) is 0 Å². The van der Waals surface area contributed by atoms with E-state index in [-0.39, 0.29) is 26.2 Å². The molecule has 0 aromatic heterocycles. The fourth-order valence-corrected chi connectivity index (χ4v) is 3.46. The minimum atomic E-state index is -3.94. The molecule has 0 spiro atoms. The molecule has 8 heteroatoms. The average molecular weight is 335 g/mol. The maximum absolute atomic E-state index is 12.6. The zero-order chi connectivity index (χ0) is 16.2. The summed E-state index contributed by atoms with van der Waals surface area (Å²) in [4.78, 5) is 27.1. The van der Waals surface area contributed by atoms with Gasteiger partial charge in [-0.1, -0.05) is 23.7 Å². The number of carbonyl (C=O) groups excluding carboxylic acids is 2. The number of hydrogen-bond donors (Lipinski definition) is 0. The molecule has 0 saturated heterocycles. The Morgan fingerprint density at radius 3 is 2.18 bits per heavy atom. The van der Waals surface area contributed by atoms with Gasteiger partial charge in [-0.15, -0.1) is 0 Å². The van der Waals surface area contributed by atoms with Crippen LogP contribution in [-0.4, -0.2) is 20.6 Å².